The lowest BCUT2D eigenvalue weighted by Gasteiger charge is -2.24. The topological polar surface area (TPSA) is 116 Å². The molecular formula is C48H61F3N6O3S4. The minimum absolute atomic E-state index is 0.0326. The number of fused-ring (bicyclic) bond motifs is 2. The molecule has 0 aliphatic carbocycles. The van der Waals surface area contributed by atoms with Gasteiger partial charge in [0.25, 0.3) is 5.91 Å². The lowest BCUT2D eigenvalue weighted by atomic mass is 10.1. The molecule has 346 valence electrons. The number of carbonyl (C=O) groups is 2. The van der Waals surface area contributed by atoms with Crippen LogP contribution in [0.2, 0.25) is 0 Å². The molecule has 7 rings (SSSR count). The van der Waals surface area contributed by atoms with Crippen LogP contribution in [0.5, 0.6) is 0 Å². The van der Waals surface area contributed by atoms with E-state index in [0.29, 0.717) is 34.3 Å². The number of hydrogen-bond acceptors (Lipinski definition) is 9. The van der Waals surface area contributed by atoms with Crippen molar-refractivity contribution in [3.8, 4) is 21.1 Å². The van der Waals surface area contributed by atoms with E-state index in [-0.39, 0.29) is 17.6 Å². The fraction of sp³-hybridized carbons (Fsp3) is 0.500. The number of nitrogens with one attached hydrogen (secondary N) is 2. The summed E-state index contributed by atoms with van der Waals surface area (Å²) in [6.45, 7) is 3.88. The fourth-order valence-electron chi connectivity index (χ4n) is 7.95. The number of carboxylic acid groups (broad SMARTS) is 1. The van der Waals surface area contributed by atoms with E-state index in [1.165, 1.54) is 93.4 Å². The van der Waals surface area contributed by atoms with Crippen LogP contribution in [0.3, 0.4) is 0 Å². The standard InChI is InChI=1S/C33H39F3N4OS2.C15H22N2O2S2/c1-2-3-4-5-6-7-8-11-18-37-20-26-21-42-22-40(26)32(41)29-30(23-14-16-25(17-15-23)33(34,35)36)43-31(39-29)28-19-24-12-9-10-13-27(24)38-28;18-13(19)9-7-5-3-1-2-4-6-8-12-14(20)16-15-17(12)10-11-21-15/h9-10,12-17,19,26,37-38H,2-8,11,18,20-22H2,1H3;10-11,20H,1-9H2,(H,18,19)/t26-;/m1./s1. The summed E-state index contributed by atoms with van der Waals surface area (Å²) >= 11 is 9.13. The zero-order chi connectivity index (χ0) is 45.3. The number of rotatable bonds is 24. The minimum Gasteiger partial charge on any atom is -0.481 e. The Hall–Kier alpha value is -3.83. The maximum Gasteiger partial charge on any atom is 0.416 e. The van der Waals surface area contributed by atoms with Crippen LogP contribution >= 0.6 is 47.1 Å². The van der Waals surface area contributed by atoms with Crippen LogP contribution in [-0.4, -0.2) is 72.0 Å². The number of nitrogens with zero attached hydrogens (tertiary/aromatic N) is 4. The smallest absolute Gasteiger partial charge is 0.416 e. The van der Waals surface area contributed by atoms with Gasteiger partial charge in [-0.15, -0.1) is 47.1 Å². The minimum atomic E-state index is -4.43. The molecule has 1 saturated heterocycles. The van der Waals surface area contributed by atoms with Gasteiger partial charge in [-0.2, -0.15) is 13.2 Å². The lowest BCUT2D eigenvalue weighted by Crippen LogP contribution is -2.43. The van der Waals surface area contributed by atoms with E-state index in [2.05, 4.69) is 50.8 Å². The second kappa shape index (κ2) is 25.2. The van der Waals surface area contributed by atoms with Crippen LogP contribution in [0.25, 0.3) is 37.0 Å². The van der Waals surface area contributed by atoms with Gasteiger partial charge in [0.15, 0.2) is 4.96 Å². The number of hydrogen-bond donors (Lipinski definition) is 4. The Morgan fingerprint density at radius 2 is 1.59 bits per heavy atom. The molecule has 4 aromatic heterocycles. The number of alkyl halides is 3. The number of benzene rings is 2. The zero-order valence-corrected chi connectivity index (χ0v) is 40.0. The number of carbonyl (C=O) groups excluding carboxylic acids is 1. The maximum atomic E-state index is 14.0. The van der Waals surface area contributed by atoms with Gasteiger partial charge in [0.05, 0.1) is 33.7 Å². The predicted molar refractivity (Wildman–Crippen MR) is 261 cm³/mol. The third-order valence-corrected chi connectivity index (χ3v) is 14.9. The first kappa shape index (κ1) is 49.6. The number of para-hydroxylation sites is 1. The molecule has 1 fully saturated rings. The number of carboxylic acids is 1. The van der Waals surface area contributed by atoms with Crippen molar-refractivity contribution in [2.24, 2.45) is 0 Å². The second-order valence-electron chi connectivity index (χ2n) is 16.5. The first-order chi connectivity index (χ1) is 31.0. The Bertz CT molecular complexity index is 2320. The monoisotopic (exact) mass is 954 g/mol. The highest BCUT2D eigenvalue weighted by Gasteiger charge is 2.34. The number of unbranched alkanes of at least 4 members (excludes halogenated alkanes) is 13. The largest absolute Gasteiger partial charge is 0.481 e. The summed E-state index contributed by atoms with van der Waals surface area (Å²) in [5.41, 5.74) is 3.06. The van der Waals surface area contributed by atoms with Crippen molar-refractivity contribution < 1.29 is 27.9 Å². The number of aryl methyl sites for hydroxylation is 1. The van der Waals surface area contributed by atoms with E-state index in [9.17, 15) is 22.8 Å². The number of thiazole rings is 2. The summed E-state index contributed by atoms with van der Waals surface area (Å²) in [4.78, 5) is 40.5. The van der Waals surface area contributed by atoms with Crippen molar-refractivity contribution in [1.82, 2.24) is 29.6 Å². The highest BCUT2D eigenvalue weighted by atomic mass is 32.2. The number of aromatic nitrogens is 4. The van der Waals surface area contributed by atoms with E-state index >= 15 is 0 Å². The molecule has 6 aromatic rings. The van der Waals surface area contributed by atoms with Gasteiger partial charge < -0.3 is 20.3 Å². The molecule has 0 spiro atoms. The molecular weight excluding hydrogens is 894 g/mol. The number of halogens is 3. The number of thioether (sulfide) groups is 1. The summed E-state index contributed by atoms with van der Waals surface area (Å²) in [5.74, 6) is 0.537. The molecule has 0 unspecified atom stereocenters. The summed E-state index contributed by atoms with van der Waals surface area (Å²) in [7, 11) is 0. The van der Waals surface area contributed by atoms with Crippen LogP contribution < -0.4 is 5.32 Å². The Balaban J connectivity index is 0.000000271. The molecule has 0 bridgehead atoms. The summed E-state index contributed by atoms with van der Waals surface area (Å²) in [6.07, 6.45) is 16.9. The average Bonchev–Trinajstić information content (AvgIpc) is 4.13. The molecule has 64 heavy (non-hydrogen) atoms. The summed E-state index contributed by atoms with van der Waals surface area (Å²) in [5, 5.41) is 16.7. The van der Waals surface area contributed by atoms with Crippen LogP contribution in [0, 0.1) is 0 Å². The van der Waals surface area contributed by atoms with Crippen molar-refractivity contribution >= 4 is 74.8 Å². The molecule has 2 aromatic carbocycles. The molecule has 1 atom stereocenters. The van der Waals surface area contributed by atoms with Gasteiger partial charge in [0.2, 0.25) is 0 Å². The zero-order valence-electron chi connectivity index (χ0n) is 36.6. The van der Waals surface area contributed by atoms with Gasteiger partial charge in [0.1, 0.15) is 15.7 Å². The third kappa shape index (κ3) is 14.3. The van der Waals surface area contributed by atoms with E-state index in [1.54, 1.807) is 23.1 Å². The summed E-state index contributed by atoms with van der Waals surface area (Å²) < 4.78 is 41.9. The van der Waals surface area contributed by atoms with Crippen LogP contribution in [0.15, 0.2) is 71.2 Å². The van der Waals surface area contributed by atoms with E-state index in [1.807, 2.05) is 35.2 Å². The second-order valence-corrected chi connectivity index (χ2v) is 19.8. The van der Waals surface area contributed by atoms with Crippen molar-refractivity contribution in [2.75, 3.05) is 24.7 Å². The molecule has 0 radical (unpaired) electrons. The molecule has 1 aliphatic heterocycles. The highest BCUT2D eigenvalue weighted by Crippen LogP contribution is 2.39. The molecule has 1 amide bonds. The van der Waals surface area contributed by atoms with Crippen LogP contribution in [0.1, 0.15) is 131 Å². The van der Waals surface area contributed by atoms with Crippen LogP contribution in [-0.2, 0) is 17.4 Å². The van der Waals surface area contributed by atoms with Gasteiger partial charge in [-0.3, -0.25) is 14.0 Å². The Kier molecular flexibility index (Phi) is 19.5. The molecule has 9 nitrogen and oxygen atoms in total. The summed E-state index contributed by atoms with van der Waals surface area (Å²) in [6, 6.07) is 14.9. The highest BCUT2D eigenvalue weighted by molar-refractivity contribution is 7.99. The number of aromatic amines is 1. The maximum absolute atomic E-state index is 14.0. The SMILES string of the molecule is CCCCCCCCCCNC[C@@H]1CSCN1C(=O)c1nc(-c2cc3ccccc3[nH]2)sc1-c1ccc(C(F)(F)F)cc1.O=C(O)CCCCCCCCCc1c(S)nc2sccn12. The lowest BCUT2D eigenvalue weighted by molar-refractivity contribution is -0.138. The Morgan fingerprint density at radius 3 is 2.30 bits per heavy atom. The Labute approximate surface area is 392 Å². The van der Waals surface area contributed by atoms with E-state index in [4.69, 9.17) is 10.1 Å². The number of aliphatic carboxylic acids is 1. The molecule has 16 heteroatoms. The fourth-order valence-corrected chi connectivity index (χ4v) is 11.3. The first-order valence-corrected chi connectivity index (χ1v) is 26.0. The van der Waals surface area contributed by atoms with Gasteiger partial charge in [-0.1, -0.05) is 114 Å². The molecule has 3 N–H and O–H groups in total. The number of H-pyrrole nitrogens is 1. The van der Waals surface area contributed by atoms with E-state index in [0.717, 1.165) is 89.5 Å². The van der Waals surface area contributed by atoms with Gasteiger partial charge in [0, 0.05) is 41.2 Å². The molecule has 1 aliphatic rings. The van der Waals surface area contributed by atoms with Crippen molar-refractivity contribution in [3.05, 3.63) is 83.1 Å². The predicted octanol–water partition coefficient (Wildman–Crippen LogP) is 13.7. The molecule has 0 saturated carbocycles. The van der Waals surface area contributed by atoms with Crippen molar-refractivity contribution in [2.45, 2.75) is 133 Å². The quantitative estimate of drug-likeness (QED) is 0.0353. The van der Waals surface area contributed by atoms with Gasteiger partial charge in [-0.25, -0.2) is 9.97 Å². The van der Waals surface area contributed by atoms with Crippen LogP contribution in [0.4, 0.5) is 13.2 Å². The number of thiol groups is 1. The van der Waals surface area contributed by atoms with Crippen molar-refractivity contribution in [1.29, 1.82) is 0 Å². The van der Waals surface area contributed by atoms with E-state index < -0.39 is 17.7 Å². The number of imidazole rings is 1. The Morgan fingerprint density at radius 1 is 0.906 bits per heavy atom. The normalized spacial score (nSPS) is 14.1. The van der Waals surface area contributed by atoms with Crippen molar-refractivity contribution in [3.63, 3.8) is 0 Å². The average molecular weight is 955 g/mol. The first-order valence-electron chi connectivity index (χ1n) is 22.7. The third-order valence-electron chi connectivity index (χ3n) is 11.5. The molecule has 5 heterocycles. The van der Waals surface area contributed by atoms with Gasteiger partial charge >= 0.3 is 12.1 Å². The number of amides is 1. The van der Waals surface area contributed by atoms with Gasteiger partial charge in [-0.05, 0) is 62.1 Å².